The van der Waals surface area contributed by atoms with Crippen molar-refractivity contribution in [3.05, 3.63) is 22.8 Å². The molecule has 0 spiro atoms. The fourth-order valence-electron chi connectivity index (χ4n) is 2.36. The van der Waals surface area contributed by atoms with Crippen LogP contribution in [-0.4, -0.2) is 30.9 Å². The third kappa shape index (κ3) is 2.71. The minimum atomic E-state index is -0.0759. The minimum absolute atomic E-state index is 0.0759. The second kappa shape index (κ2) is 5.44. The Bertz CT molecular complexity index is 607. The number of hydrogen-bond donors (Lipinski definition) is 2. The highest BCUT2D eigenvalue weighted by atomic mass is 16.1. The fourth-order valence-corrected chi connectivity index (χ4v) is 2.36. The van der Waals surface area contributed by atoms with E-state index in [-0.39, 0.29) is 11.8 Å². The first kappa shape index (κ1) is 14.2. The summed E-state index contributed by atoms with van der Waals surface area (Å²) in [6, 6.07) is 0. The summed E-state index contributed by atoms with van der Waals surface area (Å²) in [5.41, 5.74) is 3.06. The van der Waals surface area contributed by atoms with E-state index in [4.69, 9.17) is 0 Å². The Morgan fingerprint density at radius 1 is 1.35 bits per heavy atom. The van der Waals surface area contributed by atoms with E-state index < -0.39 is 0 Å². The number of hydrogen-bond acceptors (Lipinski definition) is 4. The highest BCUT2D eigenvalue weighted by Crippen LogP contribution is 2.24. The number of H-pyrrole nitrogens is 1. The van der Waals surface area contributed by atoms with E-state index >= 15 is 0 Å². The van der Waals surface area contributed by atoms with Gasteiger partial charge < -0.3 is 4.57 Å². The molecule has 2 N–H and O–H groups in total. The maximum absolute atomic E-state index is 12.1. The number of amides is 1. The molecule has 0 unspecified atom stereocenters. The van der Waals surface area contributed by atoms with Crippen molar-refractivity contribution in [1.82, 2.24) is 25.0 Å². The molecule has 108 valence electrons. The quantitative estimate of drug-likeness (QED) is 0.887. The highest BCUT2D eigenvalue weighted by Gasteiger charge is 2.18. The number of carbonyl (C=O) groups is 1. The molecule has 2 heterocycles. The van der Waals surface area contributed by atoms with Gasteiger partial charge in [0.05, 0.1) is 5.69 Å². The van der Waals surface area contributed by atoms with Crippen LogP contribution in [0.15, 0.2) is 0 Å². The van der Waals surface area contributed by atoms with Gasteiger partial charge in [-0.1, -0.05) is 6.92 Å². The van der Waals surface area contributed by atoms with Gasteiger partial charge in [0.1, 0.15) is 5.82 Å². The summed E-state index contributed by atoms with van der Waals surface area (Å²) in [6.07, 6.45) is 0.382. The second-order valence-corrected chi connectivity index (χ2v) is 5.13. The van der Waals surface area contributed by atoms with E-state index in [0.717, 1.165) is 22.8 Å². The van der Waals surface area contributed by atoms with Crippen LogP contribution in [0.5, 0.6) is 0 Å². The zero-order valence-corrected chi connectivity index (χ0v) is 12.5. The fraction of sp³-hybridized carbons (Fsp3) is 0.538. The predicted octanol–water partition coefficient (Wildman–Crippen LogP) is 1.60. The number of aromatic nitrogens is 5. The third-order valence-corrected chi connectivity index (χ3v) is 3.51. The average Bonchev–Trinajstić information content (AvgIpc) is 2.86. The molecule has 0 aliphatic heterocycles. The predicted molar refractivity (Wildman–Crippen MR) is 75.5 cm³/mol. The summed E-state index contributed by atoms with van der Waals surface area (Å²) in [5, 5.41) is 17.7. The van der Waals surface area contributed by atoms with Gasteiger partial charge in [0.2, 0.25) is 11.9 Å². The van der Waals surface area contributed by atoms with E-state index in [2.05, 4.69) is 25.7 Å². The van der Waals surface area contributed by atoms with Gasteiger partial charge in [-0.15, -0.1) is 10.2 Å². The van der Waals surface area contributed by atoms with E-state index in [0.29, 0.717) is 12.4 Å². The summed E-state index contributed by atoms with van der Waals surface area (Å²) < 4.78 is 1.75. The first-order valence-corrected chi connectivity index (χ1v) is 6.57. The van der Waals surface area contributed by atoms with Gasteiger partial charge in [0.25, 0.3) is 0 Å². The molecule has 0 radical (unpaired) electrons. The molecule has 7 nitrogen and oxygen atoms in total. The number of rotatable bonds is 4. The molecule has 2 aromatic rings. The largest absolute Gasteiger partial charge is 0.300 e. The number of nitrogens with zero attached hydrogens (tertiary/aromatic N) is 4. The topological polar surface area (TPSA) is 88.5 Å². The molecule has 0 bridgehead atoms. The van der Waals surface area contributed by atoms with Crippen molar-refractivity contribution in [2.75, 3.05) is 5.32 Å². The number of aryl methyl sites for hydroxylation is 3. The maximum atomic E-state index is 12.1. The summed E-state index contributed by atoms with van der Waals surface area (Å²) >= 11 is 0. The van der Waals surface area contributed by atoms with E-state index in [1.165, 1.54) is 0 Å². The molecule has 20 heavy (non-hydrogen) atoms. The molecule has 2 rings (SSSR count). The number of carbonyl (C=O) groups excluding carboxylic acids is 1. The first-order valence-electron chi connectivity index (χ1n) is 6.57. The lowest BCUT2D eigenvalue weighted by Crippen LogP contribution is -2.17. The lowest BCUT2D eigenvalue weighted by molar-refractivity contribution is -0.116. The minimum Gasteiger partial charge on any atom is -0.300 e. The SMILES string of the molecule is Cc1n[nH]c(C)c1[C@@H](C)CC(=O)Nc1nnc(C)n1C. The molecule has 1 amide bonds. The standard InChI is InChI=1S/C13H20N6O/c1-7(12-8(2)15-16-9(12)3)6-11(20)14-13-18-17-10(4)19(13)5/h7H,6H2,1-5H3,(H,15,16)(H,14,18,20)/t7-/m0/s1. The van der Waals surface area contributed by atoms with Gasteiger partial charge in [0.15, 0.2) is 0 Å². The van der Waals surface area contributed by atoms with Crippen LogP contribution in [0.25, 0.3) is 0 Å². The van der Waals surface area contributed by atoms with E-state index in [1.54, 1.807) is 4.57 Å². The Labute approximate surface area is 117 Å². The van der Waals surface area contributed by atoms with Gasteiger partial charge in [-0.3, -0.25) is 15.2 Å². The highest BCUT2D eigenvalue weighted by molar-refractivity contribution is 5.89. The van der Waals surface area contributed by atoms with E-state index in [9.17, 15) is 4.79 Å². The summed E-state index contributed by atoms with van der Waals surface area (Å²) in [7, 11) is 1.82. The Balaban J connectivity index is 2.03. The lowest BCUT2D eigenvalue weighted by Gasteiger charge is -2.12. The number of nitrogens with one attached hydrogen (secondary N) is 2. The van der Waals surface area contributed by atoms with E-state index in [1.807, 2.05) is 34.7 Å². The Hall–Kier alpha value is -2.18. The van der Waals surface area contributed by atoms with Gasteiger partial charge in [-0.25, -0.2) is 0 Å². The summed E-state index contributed by atoms with van der Waals surface area (Å²) in [5.74, 6) is 1.26. The van der Waals surface area contributed by atoms with Crippen LogP contribution in [0.2, 0.25) is 0 Å². The van der Waals surface area contributed by atoms with Gasteiger partial charge in [0, 0.05) is 19.2 Å². The molecule has 0 fully saturated rings. The third-order valence-electron chi connectivity index (χ3n) is 3.51. The average molecular weight is 276 g/mol. The molecule has 0 aliphatic rings. The van der Waals surface area contributed by atoms with Crippen molar-refractivity contribution in [3.8, 4) is 0 Å². The van der Waals surface area contributed by atoms with Crippen LogP contribution in [0.1, 0.15) is 42.0 Å². The Kier molecular flexibility index (Phi) is 3.87. The molecule has 0 saturated heterocycles. The van der Waals surface area contributed by atoms with Crippen molar-refractivity contribution in [1.29, 1.82) is 0 Å². The van der Waals surface area contributed by atoms with Crippen LogP contribution in [-0.2, 0) is 11.8 Å². The Morgan fingerprint density at radius 3 is 2.55 bits per heavy atom. The molecule has 2 aromatic heterocycles. The van der Waals surface area contributed by atoms with Crippen molar-refractivity contribution >= 4 is 11.9 Å². The molecule has 0 aliphatic carbocycles. The normalized spacial score (nSPS) is 12.4. The smallest absolute Gasteiger partial charge is 0.230 e. The first-order chi connectivity index (χ1) is 9.40. The lowest BCUT2D eigenvalue weighted by atomic mass is 9.96. The summed E-state index contributed by atoms with van der Waals surface area (Å²) in [4.78, 5) is 12.1. The van der Waals surface area contributed by atoms with Crippen LogP contribution < -0.4 is 5.32 Å². The van der Waals surface area contributed by atoms with Crippen LogP contribution >= 0.6 is 0 Å². The molecule has 7 heteroatoms. The van der Waals surface area contributed by atoms with Crippen molar-refractivity contribution in [2.45, 2.75) is 40.0 Å². The molecular weight excluding hydrogens is 256 g/mol. The van der Waals surface area contributed by atoms with Gasteiger partial charge in [-0.2, -0.15) is 5.10 Å². The number of aromatic amines is 1. The second-order valence-electron chi connectivity index (χ2n) is 5.13. The van der Waals surface area contributed by atoms with Gasteiger partial charge in [-0.05, 0) is 32.3 Å². The van der Waals surface area contributed by atoms with Crippen molar-refractivity contribution < 1.29 is 4.79 Å². The van der Waals surface area contributed by atoms with Crippen LogP contribution in [0.4, 0.5) is 5.95 Å². The zero-order chi connectivity index (χ0) is 14.9. The molecule has 0 aromatic carbocycles. The number of anilines is 1. The molecular formula is C13H20N6O. The van der Waals surface area contributed by atoms with Crippen molar-refractivity contribution in [3.63, 3.8) is 0 Å². The summed E-state index contributed by atoms with van der Waals surface area (Å²) in [6.45, 7) is 7.77. The van der Waals surface area contributed by atoms with Gasteiger partial charge >= 0.3 is 0 Å². The molecule has 0 saturated carbocycles. The van der Waals surface area contributed by atoms with Crippen molar-refractivity contribution in [2.24, 2.45) is 7.05 Å². The Morgan fingerprint density at radius 2 is 2.05 bits per heavy atom. The molecule has 1 atom stereocenters. The maximum Gasteiger partial charge on any atom is 0.230 e. The zero-order valence-electron chi connectivity index (χ0n) is 12.5. The van der Waals surface area contributed by atoms with Crippen LogP contribution in [0.3, 0.4) is 0 Å². The van der Waals surface area contributed by atoms with Crippen LogP contribution in [0, 0.1) is 20.8 Å². The monoisotopic (exact) mass is 276 g/mol.